The number of carbonyl (C=O) groups excluding carboxylic acids is 1. The maximum absolute atomic E-state index is 14.0. The minimum Gasteiger partial charge on any atom is -0.377 e. The molecule has 4 rings (SSSR count). The molecule has 150 valence electrons. The number of benzene rings is 2. The quantitative estimate of drug-likeness (QED) is 0.651. The molecule has 1 fully saturated rings. The van der Waals surface area contributed by atoms with Gasteiger partial charge in [-0.2, -0.15) is 0 Å². The van der Waals surface area contributed by atoms with Crippen LogP contribution in [0.25, 0.3) is 10.9 Å². The van der Waals surface area contributed by atoms with Crippen LogP contribution in [-0.4, -0.2) is 28.9 Å². The number of nitrogens with one attached hydrogen (secondary N) is 1. The van der Waals surface area contributed by atoms with Gasteiger partial charge in [-0.25, -0.2) is 8.78 Å². The number of nitrogens with zero attached hydrogens (tertiary/aromatic N) is 2. The predicted octanol–water partition coefficient (Wildman–Crippen LogP) is 5.31. The van der Waals surface area contributed by atoms with Crippen LogP contribution in [0.2, 0.25) is 0 Å². The molecule has 0 bridgehead atoms. The third-order valence-corrected chi connectivity index (χ3v) is 5.43. The van der Waals surface area contributed by atoms with Crippen molar-refractivity contribution in [3.05, 3.63) is 71.4 Å². The van der Waals surface area contributed by atoms with Crippen LogP contribution in [0.5, 0.6) is 0 Å². The number of hydrogen-bond acceptors (Lipinski definition) is 3. The molecule has 1 aliphatic rings. The molecule has 1 N–H and O–H groups in total. The zero-order chi connectivity index (χ0) is 20.4. The molecule has 6 heteroatoms. The Morgan fingerprint density at radius 2 is 1.72 bits per heavy atom. The van der Waals surface area contributed by atoms with Crippen LogP contribution in [0.15, 0.2) is 48.7 Å². The summed E-state index contributed by atoms with van der Waals surface area (Å²) < 4.78 is 27.3. The number of anilines is 1. The largest absolute Gasteiger partial charge is 0.377 e. The van der Waals surface area contributed by atoms with E-state index in [0.717, 1.165) is 24.8 Å². The number of likely N-dealkylation sites (tertiary alicyclic amines) is 1. The average molecular weight is 395 g/mol. The number of aromatic nitrogens is 1. The van der Waals surface area contributed by atoms with Crippen LogP contribution < -0.4 is 5.32 Å². The second kappa shape index (κ2) is 8.15. The number of carbonyl (C=O) groups is 1. The van der Waals surface area contributed by atoms with Gasteiger partial charge in [0.2, 0.25) is 0 Å². The molecular formula is C23H23F2N3O. The standard InChI is InChI=1S/C23H23F2N3O/c1-15(16-5-7-17(24)8-6-16)27-22-19-13-18(25)9-10-21(19)26-14-20(22)23(29)28-11-3-2-4-12-28/h5-10,13-15H,2-4,11-12H2,1H3,(H,26,27)/t15-/m0/s1. The maximum atomic E-state index is 14.0. The van der Waals surface area contributed by atoms with Crippen LogP contribution in [0, 0.1) is 11.6 Å². The normalized spacial score (nSPS) is 15.3. The van der Waals surface area contributed by atoms with E-state index < -0.39 is 0 Å². The van der Waals surface area contributed by atoms with Gasteiger partial charge in [-0.05, 0) is 62.1 Å². The molecule has 0 aliphatic carbocycles. The van der Waals surface area contributed by atoms with Crippen molar-refractivity contribution >= 4 is 22.5 Å². The second-order valence-corrected chi connectivity index (χ2v) is 7.48. The van der Waals surface area contributed by atoms with Crippen LogP contribution >= 0.6 is 0 Å². The van der Waals surface area contributed by atoms with E-state index in [4.69, 9.17) is 0 Å². The van der Waals surface area contributed by atoms with Crippen molar-refractivity contribution in [2.24, 2.45) is 0 Å². The van der Waals surface area contributed by atoms with Crippen LogP contribution in [-0.2, 0) is 0 Å². The van der Waals surface area contributed by atoms with Crippen molar-refractivity contribution in [1.29, 1.82) is 0 Å². The smallest absolute Gasteiger partial charge is 0.257 e. The van der Waals surface area contributed by atoms with E-state index in [2.05, 4.69) is 10.3 Å². The number of fused-ring (bicyclic) bond motifs is 1. The van der Waals surface area contributed by atoms with Gasteiger partial charge < -0.3 is 10.2 Å². The van der Waals surface area contributed by atoms with Gasteiger partial charge >= 0.3 is 0 Å². The van der Waals surface area contributed by atoms with Gasteiger partial charge in [0.15, 0.2) is 0 Å². The first kappa shape index (κ1) is 19.3. The average Bonchev–Trinajstić information content (AvgIpc) is 2.74. The van der Waals surface area contributed by atoms with E-state index in [0.29, 0.717) is 35.2 Å². The number of halogens is 2. The first-order chi connectivity index (χ1) is 14.0. The monoisotopic (exact) mass is 395 g/mol. The molecule has 4 nitrogen and oxygen atoms in total. The zero-order valence-electron chi connectivity index (χ0n) is 16.3. The molecule has 1 aliphatic heterocycles. The van der Waals surface area contributed by atoms with E-state index in [1.165, 1.54) is 24.3 Å². The van der Waals surface area contributed by atoms with Crippen molar-refractivity contribution in [3.8, 4) is 0 Å². The summed E-state index contributed by atoms with van der Waals surface area (Å²) in [7, 11) is 0. The Hall–Kier alpha value is -3.02. The van der Waals surface area contributed by atoms with E-state index in [-0.39, 0.29) is 23.6 Å². The van der Waals surface area contributed by atoms with Gasteiger partial charge in [0.1, 0.15) is 11.6 Å². The summed E-state index contributed by atoms with van der Waals surface area (Å²) in [6.07, 6.45) is 4.65. The Morgan fingerprint density at radius 1 is 1.03 bits per heavy atom. The predicted molar refractivity (Wildman–Crippen MR) is 110 cm³/mol. The first-order valence-electron chi connectivity index (χ1n) is 9.92. The fourth-order valence-corrected chi connectivity index (χ4v) is 3.80. The minimum absolute atomic E-state index is 0.0998. The minimum atomic E-state index is -0.389. The third kappa shape index (κ3) is 4.06. The van der Waals surface area contributed by atoms with E-state index in [1.807, 2.05) is 11.8 Å². The lowest BCUT2D eigenvalue weighted by Crippen LogP contribution is -2.36. The van der Waals surface area contributed by atoms with Crippen molar-refractivity contribution in [2.75, 3.05) is 18.4 Å². The number of hydrogen-bond donors (Lipinski definition) is 1. The summed E-state index contributed by atoms with van der Waals surface area (Å²) in [5, 5.41) is 3.92. The van der Waals surface area contributed by atoms with Crippen molar-refractivity contribution in [3.63, 3.8) is 0 Å². The van der Waals surface area contributed by atoms with E-state index >= 15 is 0 Å². The molecule has 0 spiro atoms. The lowest BCUT2D eigenvalue weighted by Gasteiger charge is -2.28. The molecule has 1 amide bonds. The Bertz CT molecular complexity index is 1030. The highest BCUT2D eigenvalue weighted by Crippen LogP contribution is 2.31. The highest BCUT2D eigenvalue weighted by Gasteiger charge is 2.24. The molecule has 1 atom stereocenters. The molecule has 2 heterocycles. The van der Waals surface area contributed by atoms with Crippen molar-refractivity contribution in [1.82, 2.24) is 9.88 Å². The Morgan fingerprint density at radius 3 is 2.45 bits per heavy atom. The lowest BCUT2D eigenvalue weighted by molar-refractivity contribution is 0.0725. The highest BCUT2D eigenvalue weighted by molar-refractivity contribution is 6.07. The molecule has 2 aromatic carbocycles. The van der Waals surface area contributed by atoms with E-state index in [9.17, 15) is 13.6 Å². The van der Waals surface area contributed by atoms with Crippen LogP contribution in [0.3, 0.4) is 0 Å². The Labute approximate surface area is 168 Å². The van der Waals surface area contributed by atoms with Gasteiger partial charge in [-0.15, -0.1) is 0 Å². The maximum Gasteiger partial charge on any atom is 0.257 e. The van der Waals surface area contributed by atoms with E-state index in [1.54, 1.807) is 24.4 Å². The summed E-state index contributed by atoms with van der Waals surface area (Å²) in [5.41, 5.74) is 2.46. The highest BCUT2D eigenvalue weighted by atomic mass is 19.1. The lowest BCUT2D eigenvalue weighted by atomic mass is 10.0. The zero-order valence-corrected chi connectivity index (χ0v) is 16.3. The fourth-order valence-electron chi connectivity index (χ4n) is 3.80. The fraction of sp³-hybridized carbons (Fsp3) is 0.304. The molecule has 29 heavy (non-hydrogen) atoms. The summed E-state index contributed by atoms with van der Waals surface area (Å²) in [6.45, 7) is 3.36. The number of pyridine rings is 1. The number of amides is 1. The van der Waals surface area contributed by atoms with Gasteiger partial charge in [0.25, 0.3) is 5.91 Å². The molecule has 1 saturated heterocycles. The summed E-state index contributed by atoms with van der Waals surface area (Å²) in [4.78, 5) is 19.4. The van der Waals surface area contributed by atoms with Gasteiger partial charge in [0.05, 0.1) is 16.8 Å². The summed E-state index contributed by atoms with van der Waals surface area (Å²) in [5.74, 6) is -0.796. The molecule has 3 aromatic rings. The SMILES string of the molecule is C[C@H](Nc1c(C(=O)N2CCCCC2)cnc2ccc(F)cc12)c1ccc(F)cc1. The van der Waals surface area contributed by atoms with Gasteiger partial charge in [-0.3, -0.25) is 9.78 Å². The molecule has 0 unspecified atom stereocenters. The molecule has 0 radical (unpaired) electrons. The van der Waals surface area contributed by atoms with Crippen molar-refractivity contribution in [2.45, 2.75) is 32.2 Å². The van der Waals surface area contributed by atoms with Gasteiger partial charge in [0, 0.05) is 30.7 Å². The van der Waals surface area contributed by atoms with Crippen molar-refractivity contribution < 1.29 is 13.6 Å². The molecular weight excluding hydrogens is 372 g/mol. The summed E-state index contributed by atoms with van der Waals surface area (Å²) in [6, 6.07) is 10.3. The molecule has 0 saturated carbocycles. The second-order valence-electron chi connectivity index (χ2n) is 7.48. The topological polar surface area (TPSA) is 45.2 Å². The van der Waals surface area contributed by atoms with Gasteiger partial charge in [-0.1, -0.05) is 12.1 Å². The molecule has 1 aromatic heterocycles. The van der Waals surface area contributed by atoms with Crippen LogP contribution in [0.1, 0.15) is 48.1 Å². The first-order valence-corrected chi connectivity index (χ1v) is 9.92. The van der Waals surface area contributed by atoms with Crippen LogP contribution in [0.4, 0.5) is 14.5 Å². The number of piperidine rings is 1. The Kier molecular flexibility index (Phi) is 5.43. The number of rotatable bonds is 4. The Balaban J connectivity index is 1.76. The summed E-state index contributed by atoms with van der Waals surface area (Å²) >= 11 is 0. The third-order valence-electron chi connectivity index (χ3n) is 5.43.